The van der Waals surface area contributed by atoms with Crippen LogP contribution in [0.4, 0.5) is 14.6 Å². The van der Waals surface area contributed by atoms with Crippen LogP contribution in [0.5, 0.6) is 0 Å². The number of aromatic nitrogens is 3. The van der Waals surface area contributed by atoms with E-state index < -0.39 is 39.6 Å². The van der Waals surface area contributed by atoms with Crippen molar-refractivity contribution >= 4 is 26.7 Å². The fourth-order valence-corrected chi connectivity index (χ4v) is 8.56. The number of nitrogens with zero attached hydrogens (tertiary/aromatic N) is 5. The summed E-state index contributed by atoms with van der Waals surface area (Å²) in [6.45, 7) is 1.62. The zero-order chi connectivity index (χ0) is 35.2. The molecule has 0 unspecified atom stereocenters. The normalized spacial score (nSPS) is 27.4. The average molecular weight is 656 g/mol. The molecule has 1 N–H and O–H groups in total. The first-order chi connectivity index (χ1) is 23.1. The van der Waals surface area contributed by atoms with Gasteiger partial charge < -0.3 is 10.2 Å². The van der Waals surface area contributed by atoms with Crippen molar-refractivity contribution in [2.75, 3.05) is 36.5 Å². The number of anilines is 1. The number of halogens is 2. The summed E-state index contributed by atoms with van der Waals surface area (Å²) >= 11 is 0. The van der Waals surface area contributed by atoms with Gasteiger partial charge in [-0.1, -0.05) is 31.0 Å². The molecule has 6 heterocycles. The number of fused-ring (bicyclic) bond motifs is 8. The molecule has 46 heavy (non-hydrogen) atoms. The molecule has 9 nitrogen and oxygen atoms in total. The monoisotopic (exact) mass is 655 g/mol. The van der Waals surface area contributed by atoms with Gasteiger partial charge in [0.25, 0.3) is 11.5 Å². The van der Waals surface area contributed by atoms with Crippen LogP contribution in [0, 0.1) is 24.2 Å². The molecule has 1 atom stereocenters. The highest BCUT2D eigenvalue weighted by Gasteiger charge is 2.42. The van der Waals surface area contributed by atoms with Crippen molar-refractivity contribution in [1.82, 2.24) is 19.4 Å². The molecule has 7 rings (SSSR count). The first-order valence-corrected chi connectivity index (χ1v) is 17.9. The minimum atomic E-state index is -3.37. The van der Waals surface area contributed by atoms with Gasteiger partial charge in [0.2, 0.25) is 0 Å². The van der Waals surface area contributed by atoms with E-state index in [1.165, 1.54) is 34.9 Å². The summed E-state index contributed by atoms with van der Waals surface area (Å²) in [5.41, 5.74) is -1.59. The Balaban J connectivity index is 1.51. The van der Waals surface area contributed by atoms with Crippen molar-refractivity contribution < 1.29 is 21.3 Å². The van der Waals surface area contributed by atoms with Crippen LogP contribution in [0.1, 0.15) is 90.9 Å². The second-order valence-corrected chi connectivity index (χ2v) is 15.5. The van der Waals surface area contributed by atoms with Crippen molar-refractivity contribution in [3.8, 4) is 6.07 Å². The van der Waals surface area contributed by atoms with Crippen molar-refractivity contribution in [3.63, 3.8) is 0 Å². The van der Waals surface area contributed by atoms with Crippen LogP contribution in [-0.4, -0.2) is 59.0 Å². The van der Waals surface area contributed by atoms with Gasteiger partial charge in [-0.3, -0.25) is 9.36 Å². The topological polar surface area (TPSA) is 121 Å². The number of rotatable bonds is 1. The number of alkyl halides is 2. The summed E-state index contributed by atoms with van der Waals surface area (Å²) in [6.07, 6.45) is 3.21. The fourth-order valence-electron chi connectivity index (χ4n) is 7.04. The summed E-state index contributed by atoms with van der Waals surface area (Å²) in [4.78, 5) is 25.7. The Morgan fingerprint density at radius 1 is 1.07 bits per heavy atom. The zero-order valence-electron chi connectivity index (χ0n) is 29.1. The quantitative estimate of drug-likeness (QED) is 0.359. The minimum Gasteiger partial charge on any atom is -0.363 e. The standard InChI is InChI=1S/C34H42F2N6O3S/c1-23-26-8-7-9-27(18-26)34(35,36)11-10-25-20-41(21-25)14-5-3-4-6-15-42-31-28(30(38-23)39-24(2)40-31)19-29(32(42)43)33(22-37)12-16-46(44,45)17-13-33/h7-9,18-19,23,25H,3-6,10-17,20-21H2,1-2H3,(H,38,39,40)/t23-/m1/s1/i1D3. The summed E-state index contributed by atoms with van der Waals surface area (Å²) in [5.74, 6) is -3.12. The van der Waals surface area contributed by atoms with Crippen molar-refractivity contribution in [2.45, 2.75) is 89.1 Å². The summed E-state index contributed by atoms with van der Waals surface area (Å²) in [5, 5.41) is 13.7. The van der Waals surface area contributed by atoms with Gasteiger partial charge in [-0.15, -0.1) is 0 Å². The molecule has 0 saturated carbocycles. The van der Waals surface area contributed by atoms with Crippen molar-refractivity contribution in [2.24, 2.45) is 5.92 Å². The third kappa shape index (κ3) is 6.54. The van der Waals surface area contributed by atoms with Gasteiger partial charge in [0.1, 0.15) is 27.1 Å². The van der Waals surface area contributed by atoms with Gasteiger partial charge in [-0.05, 0) is 76.0 Å². The van der Waals surface area contributed by atoms with Gasteiger partial charge in [-0.2, -0.15) is 5.26 Å². The second-order valence-electron chi connectivity index (χ2n) is 13.2. The Morgan fingerprint density at radius 3 is 2.52 bits per heavy atom. The van der Waals surface area contributed by atoms with Gasteiger partial charge in [-0.25, -0.2) is 27.2 Å². The molecular weight excluding hydrogens is 610 g/mol. The molecule has 1 aromatic carbocycles. The molecule has 12 heteroatoms. The molecule has 0 spiro atoms. The molecule has 2 aromatic heterocycles. The van der Waals surface area contributed by atoms with Crippen LogP contribution >= 0.6 is 0 Å². The summed E-state index contributed by atoms with van der Waals surface area (Å²) in [6, 6.07) is 7.79. The maximum absolute atomic E-state index is 15.6. The van der Waals surface area contributed by atoms with E-state index in [9.17, 15) is 18.5 Å². The predicted molar refractivity (Wildman–Crippen MR) is 174 cm³/mol. The molecule has 0 radical (unpaired) electrons. The Morgan fingerprint density at radius 2 is 1.80 bits per heavy atom. The number of nitriles is 1. The summed E-state index contributed by atoms with van der Waals surface area (Å²) in [7, 11) is -3.37. The van der Waals surface area contributed by atoms with E-state index in [0.29, 0.717) is 12.8 Å². The highest BCUT2D eigenvalue weighted by atomic mass is 32.2. The van der Waals surface area contributed by atoms with E-state index in [0.717, 1.165) is 38.9 Å². The van der Waals surface area contributed by atoms with E-state index in [1.54, 1.807) is 6.92 Å². The molecular formula is C34H42F2N6O3S. The second kappa shape index (κ2) is 12.6. The largest absolute Gasteiger partial charge is 0.363 e. The lowest BCUT2D eigenvalue weighted by molar-refractivity contribution is -0.0291. The average Bonchev–Trinajstić information content (AvgIpc) is 3.02. The highest BCUT2D eigenvalue weighted by molar-refractivity contribution is 7.91. The van der Waals surface area contributed by atoms with Gasteiger partial charge in [0.15, 0.2) is 0 Å². The van der Waals surface area contributed by atoms with E-state index in [1.807, 2.05) is 0 Å². The maximum atomic E-state index is 15.6. The molecule has 2 fully saturated rings. The summed E-state index contributed by atoms with van der Waals surface area (Å²) < 4.78 is 82.7. The molecule has 3 aromatic rings. The minimum absolute atomic E-state index is 0.0572. The van der Waals surface area contributed by atoms with E-state index in [2.05, 4.69) is 26.3 Å². The third-order valence-corrected chi connectivity index (χ3v) is 11.5. The zero-order valence-corrected chi connectivity index (χ0v) is 26.9. The van der Waals surface area contributed by atoms with E-state index >= 15 is 8.78 Å². The molecule has 0 aliphatic carbocycles. The van der Waals surface area contributed by atoms with Crippen LogP contribution in [0.3, 0.4) is 0 Å². The number of sulfone groups is 1. The molecule has 4 aliphatic heterocycles. The Labute approximate surface area is 273 Å². The lowest BCUT2D eigenvalue weighted by Gasteiger charge is -2.40. The lowest BCUT2D eigenvalue weighted by atomic mass is 9.77. The number of hydrogen-bond acceptors (Lipinski definition) is 8. The van der Waals surface area contributed by atoms with Crippen LogP contribution in [0.15, 0.2) is 35.1 Å². The van der Waals surface area contributed by atoms with Gasteiger partial charge in [0.05, 0.1) is 28.4 Å². The first-order valence-electron chi connectivity index (χ1n) is 17.6. The smallest absolute Gasteiger partial charge is 0.273 e. The van der Waals surface area contributed by atoms with Crippen LogP contribution < -0.4 is 10.9 Å². The SMILES string of the molecule is [2H]C([2H])([2H])[C@H]1Nc2nc(C)nc3c2cc(C2(C#N)CCS(=O)(=O)CC2)c(=O)n3CCCCCCN2CC(CCC(F)(F)c3cccc1c3)C2. The van der Waals surface area contributed by atoms with E-state index in [-0.39, 0.29) is 82.6 Å². The molecule has 246 valence electrons. The molecule has 2 saturated heterocycles. The first kappa shape index (κ1) is 28.8. The molecule has 4 aliphatic rings. The Hall–Kier alpha value is -3.43. The number of hydrogen-bond donors (Lipinski definition) is 1. The van der Waals surface area contributed by atoms with Crippen molar-refractivity contribution in [3.05, 3.63) is 63.2 Å². The Bertz CT molecular complexity index is 1930. The predicted octanol–water partition coefficient (Wildman–Crippen LogP) is 5.62. The van der Waals surface area contributed by atoms with Gasteiger partial charge >= 0.3 is 0 Å². The molecule has 0 amide bonds. The van der Waals surface area contributed by atoms with Crippen LogP contribution in [0.2, 0.25) is 0 Å². The third-order valence-electron chi connectivity index (χ3n) is 9.90. The van der Waals surface area contributed by atoms with Crippen LogP contribution in [0.25, 0.3) is 11.0 Å². The Kier molecular flexibility index (Phi) is 7.91. The molecule has 8 bridgehead atoms. The lowest BCUT2D eigenvalue weighted by Crippen LogP contribution is -2.47. The number of aryl methyl sites for hydroxylation is 2. The van der Waals surface area contributed by atoms with Crippen LogP contribution in [-0.2, 0) is 27.7 Å². The van der Waals surface area contributed by atoms with Gasteiger partial charge in [0, 0.05) is 47.3 Å². The number of pyridine rings is 1. The van der Waals surface area contributed by atoms with E-state index in [4.69, 9.17) is 4.11 Å². The number of benzene rings is 1. The maximum Gasteiger partial charge on any atom is 0.273 e. The highest BCUT2D eigenvalue weighted by Crippen LogP contribution is 2.39. The van der Waals surface area contributed by atoms with Crippen molar-refractivity contribution in [1.29, 1.82) is 5.26 Å². The number of nitrogens with one attached hydrogen (secondary N) is 1. The fraction of sp³-hybridized carbons (Fsp3) is 0.588.